The van der Waals surface area contributed by atoms with Crippen molar-refractivity contribution in [2.75, 3.05) is 0 Å². The first-order chi connectivity index (χ1) is 9.89. The zero-order chi connectivity index (χ0) is 17.2. The molecule has 22 heavy (non-hydrogen) atoms. The van der Waals surface area contributed by atoms with Crippen LogP contribution in [0.15, 0.2) is 35.5 Å². The summed E-state index contributed by atoms with van der Waals surface area (Å²) in [6.45, 7) is 0. The van der Waals surface area contributed by atoms with Crippen LogP contribution >= 0.6 is 0 Å². The summed E-state index contributed by atoms with van der Waals surface area (Å²) < 4.78 is 87.2. The van der Waals surface area contributed by atoms with Crippen LogP contribution in [0.3, 0.4) is 0 Å². The third-order valence-electron chi connectivity index (χ3n) is 2.07. The highest BCUT2D eigenvalue weighted by molar-refractivity contribution is 7.87. The van der Waals surface area contributed by atoms with Crippen LogP contribution in [0.4, 0.5) is 22.0 Å². The Balaban J connectivity index is 3.36. The molecule has 13 heteroatoms. The van der Waals surface area contributed by atoms with Gasteiger partial charge in [-0.05, 0) is 0 Å². The van der Waals surface area contributed by atoms with E-state index in [9.17, 15) is 40.5 Å². The topological polar surface area (TPSA) is 98.9 Å². The Hall–Kier alpha value is -2.31. The Morgan fingerprint density at radius 1 is 1.14 bits per heavy atom. The smallest absolute Gasteiger partial charge is 0.261 e. The normalized spacial score (nSPS) is 13.8. The van der Waals surface area contributed by atoms with Gasteiger partial charge in [0.2, 0.25) is 5.71 Å². The fraction of sp³-hybridized carbons (Fsp3) is 0.222. The van der Waals surface area contributed by atoms with Gasteiger partial charge in [-0.15, -0.1) is 8.78 Å². The van der Waals surface area contributed by atoms with E-state index >= 15 is 0 Å². The predicted molar refractivity (Wildman–Crippen MR) is 61.0 cm³/mol. The number of hydrogen-bond acceptors (Lipinski definition) is 6. The standard InChI is InChI=1S/C9H5F5N2O5S/c10-8(11,16(17)18)7(6-4-2-1-3-5-6)15-21-22(19,20)9(12,13)14/h1-5H. The second-order valence-corrected chi connectivity index (χ2v) is 5.10. The van der Waals surface area contributed by atoms with Crippen molar-refractivity contribution in [2.45, 2.75) is 11.6 Å². The van der Waals surface area contributed by atoms with Gasteiger partial charge in [0.25, 0.3) is 0 Å². The number of alkyl halides is 5. The van der Waals surface area contributed by atoms with Crippen molar-refractivity contribution in [3.05, 3.63) is 46.0 Å². The van der Waals surface area contributed by atoms with Crippen molar-refractivity contribution in [1.29, 1.82) is 0 Å². The minimum atomic E-state index is -6.33. The molecule has 0 aliphatic heterocycles. The maximum atomic E-state index is 13.4. The van der Waals surface area contributed by atoms with E-state index in [1.54, 1.807) is 0 Å². The van der Waals surface area contributed by atoms with E-state index in [1.165, 1.54) is 6.07 Å². The molecule has 0 aromatic heterocycles. The van der Waals surface area contributed by atoms with Gasteiger partial charge in [-0.2, -0.15) is 21.6 Å². The fourth-order valence-corrected chi connectivity index (χ4v) is 1.35. The summed E-state index contributed by atoms with van der Waals surface area (Å²) in [5.74, 6) is 0. The van der Waals surface area contributed by atoms with Crippen LogP contribution in [0.2, 0.25) is 0 Å². The van der Waals surface area contributed by atoms with Gasteiger partial charge in [-0.3, -0.25) is 14.4 Å². The average Bonchev–Trinajstić information content (AvgIpc) is 2.38. The van der Waals surface area contributed by atoms with Crippen molar-refractivity contribution < 1.29 is 39.6 Å². The molecular weight excluding hydrogens is 343 g/mol. The van der Waals surface area contributed by atoms with E-state index in [2.05, 4.69) is 9.44 Å². The predicted octanol–water partition coefficient (Wildman–Crippen LogP) is 2.13. The van der Waals surface area contributed by atoms with Gasteiger partial charge in [0.15, 0.2) is 0 Å². The van der Waals surface area contributed by atoms with Crippen LogP contribution in [0.25, 0.3) is 0 Å². The summed E-state index contributed by atoms with van der Waals surface area (Å²) in [5, 5.41) is 12.4. The van der Waals surface area contributed by atoms with Gasteiger partial charge >= 0.3 is 21.7 Å². The Morgan fingerprint density at radius 2 is 1.64 bits per heavy atom. The second kappa shape index (κ2) is 5.82. The number of nitro groups is 1. The molecule has 0 heterocycles. The molecule has 0 amide bonds. The van der Waals surface area contributed by atoms with E-state index in [4.69, 9.17) is 0 Å². The first-order valence-electron chi connectivity index (χ1n) is 5.05. The second-order valence-electron chi connectivity index (χ2n) is 3.58. The lowest BCUT2D eigenvalue weighted by Gasteiger charge is -2.11. The van der Waals surface area contributed by atoms with E-state index in [0.717, 1.165) is 24.3 Å². The molecule has 0 bridgehead atoms. The molecule has 0 saturated heterocycles. The van der Waals surface area contributed by atoms with E-state index in [0.29, 0.717) is 0 Å². The number of nitrogens with zero attached hydrogens (tertiary/aromatic N) is 2. The van der Waals surface area contributed by atoms with E-state index in [-0.39, 0.29) is 0 Å². The summed E-state index contributed by atoms with van der Waals surface area (Å²) in [6.07, 6.45) is 0. The number of oxime groups is 1. The van der Waals surface area contributed by atoms with Crippen LogP contribution in [-0.4, -0.2) is 30.6 Å². The molecule has 0 spiro atoms. The van der Waals surface area contributed by atoms with Gasteiger partial charge in [0.1, 0.15) is 4.92 Å². The largest absolute Gasteiger partial charge is 0.560 e. The van der Waals surface area contributed by atoms with Crippen molar-refractivity contribution in [2.24, 2.45) is 5.16 Å². The van der Waals surface area contributed by atoms with Gasteiger partial charge in [0, 0.05) is 5.56 Å². The van der Waals surface area contributed by atoms with Crippen LogP contribution in [0.1, 0.15) is 5.56 Å². The Bertz CT molecular complexity index is 686. The molecule has 0 N–H and O–H groups in total. The minimum absolute atomic E-state index is 0.693. The maximum absolute atomic E-state index is 13.4. The molecule has 7 nitrogen and oxygen atoms in total. The molecule has 0 unspecified atom stereocenters. The number of hydrogen-bond donors (Lipinski definition) is 0. The van der Waals surface area contributed by atoms with E-state index < -0.39 is 37.9 Å². The zero-order valence-corrected chi connectivity index (χ0v) is 10.9. The highest BCUT2D eigenvalue weighted by atomic mass is 32.2. The van der Waals surface area contributed by atoms with Crippen molar-refractivity contribution >= 4 is 15.8 Å². The van der Waals surface area contributed by atoms with Crippen molar-refractivity contribution in [3.8, 4) is 0 Å². The lowest BCUT2D eigenvalue weighted by atomic mass is 10.1. The third-order valence-corrected chi connectivity index (χ3v) is 2.91. The highest BCUT2D eigenvalue weighted by Crippen LogP contribution is 2.27. The van der Waals surface area contributed by atoms with Gasteiger partial charge in [-0.25, -0.2) is 0 Å². The third kappa shape index (κ3) is 3.66. The fourth-order valence-electron chi connectivity index (χ4n) is 1.09. The molecule has 0 radical (unpaired) electrons. The summed E-state index contributed by atoms with van der Waals surface area (Å²) in [4.78, 5) is 8.15. The number of halogens is 5. The van der Waals surface area contributed by atoms with Gasteiger partial charge in [0.05, 0.1) is 0 Å². The van der Waals surface area contributed by atoms with E-state index in [1.807, 2.05) is 0 Å². The van der Waals surface area contributed by atoms with Gasteiger partial charge < -0.3 is 0 Å². The van der Waals surface area contributed by atoms with Crippen molar-refractivity contribution in [3.63, 3.8) is 0 Å². The number of benzene rings is 1. The monoisotopic (exact) mass is 348 g/mol. The lowest BCUT2D eigenvalue weighted by Crippen LogP contribution is -2.38. The summed E-state index contributed by atoms with van der Waals surface area (Å²) in [6, 6.07) is 0.291. The molecular formula is C9H5F5N2O5S. The highest BCUT2D eigenvalue weighted by Gasteiger charge is 2.54. The van der Waals surface area contributed by atoms with Crippen LogP contribution in [-0.2, 0) is 14.4 Å². The van der Waals surface area contributed by atoms with Crippen molar-refractivity contribution in [1.82, 2.24) is 0 Å². The Kier molecular flexibility index (Phi) is 4.70. The maximum Gasteiger partial charge on any atom is 0.560 e. The molecule has 0 saturated carbocycles. The SMILES string of the molecule is O=[N+]([O-])C(F)(F)C(=NOS(=O)(=O)C(F)(F)F)c1ccccc1. The van der Waals surface area contributed by atoms with Gasteiger partial charge in [-0.1, -0.05) is 35.5 Å². The Labute approximate surface area is 119 Å². The minimum Gasteiger partial charge on any atom is -0.261 e. The van der Waals surface area contributed by atoms with Crippen LogP contribution in [0.5, 0.6) is 0 Å². The molecule has 0 fully saturated rings. The summed E-state index contributed by atoms with van der Waals surface area (Å²) >= 11 is 0. The Morgan fingerprint density at radius 3 is 2.05 bits per heavy atom. The average molecular weight is 348 g/mol. The molecule has 1 aromatic carbocycles. The van der Waals surface area contributed by atoms with Crippen LogP contribution < -0.4 is 0 Å². The number of rotatable bonds is 5. The molecule has 0 aliphatic carbocycles. The zero-order valence-electron chi connectivity index (χ0n) is 10.1. The molecule has 1 rings (SSSR count). The first-order valence-corrected chi connectivity index (χ1v) is 6.46. The molecule has 0 atom stereocenters. The quantitative estimate of drug-likeness (QED) is 0.203. The molecule has 122 valence electrons. The van der Waals surface area contributed by atoms with Crippen LogP contribution in [0, 0.1) is 10.1 Å². The summed E-state index contributed by atoms with van der Waals surface area (Å²) in [5.41, 5.74) is -8.52. The lowest BCUT2D eigenvalue weighted by molar-refractivity contribution is -0.616. The summed E-state index contributed by atoms with van der Waals surface area (Å²) in [7, 11) is -6.33. The first kappa shape index (κ1) is 17.7. The molecule has 1 aromatic rings. The molecule has 0 aliphatic rings.